The number of hydrogen-bond donors (Lipinski definition) is 0. The van der Waals surface area contributed by atoms with Gasteiger partial charge in [-0.25, -0.2) is 4.79 Å². The Bertz CT molecular complexity index is 732. The minimum Gasteiger partial charge on any atom is -0.465 e. The molecule has 21 heavy (non-hydrogen) atoms. The monoisotopic (exact) mass is 298 g/mol. The van der Waals surface area contributed by atoms with Gasteiger partial charge in [-0.15, -0.1) is 0 Å². The molecule has 2 aromatic carbocycles. The summed E-state index contributed by atoms with van der Waals surface area (Å²) < 4.78 is 4.81. The molecular weight excluding hydrogens is 284 g/mol. The maximum atomic E-state index is 11.7. The number of esters is 1. The van der Waals surface area contributed by atoms with Crippen molar-refractivity contribution in [1.82, 2.24) is 0 Å². The van der Waals surface area contributed by atoms with Crippen LogP contribution in [0.1, 0.15) is 33.5 Å². The van der Waals surface area contributed by atoms with E-state index in [1.807, 2.05) is 42.5 Å². The number of fused-ring (bicyclic) bond motifs is 1. The fourth-order valence-electron chi connectivity index (χ4n) is 2.70. The van der Waals surface area contributed by atoms with Crippen LogP contribution >= 0.6 is 11.6 Å². The largest absolute Gasteiger partial charge is 0.465 e. The fourth-order valence-corrected chi connectivity index (χ4v) is 2.89. The second-order valence-corrected chi connectivity index (χ2v) is 5.47. The summed E-state index contributed by atoms with van der Waals surface area (Å²) in [7, 11) is 1.40. The molecule has 106 valence electrons. The van der Waals surface area contributed by atoms with Gasteiger partial charge in [-0.2, -0.15) is 0 Å². The molecule has 2 aromatic rings. The number of allylic oxidation sites excluding steroid dienone is 1. The molecule has 0 atom stereocenters. The normalized spacial score (nSPS) is 13.3. The van der Waals surface area contributed by atoms with Gasteiger partial charge < -0.3 is 4.74 Å². The highest BCUT2D eigenvalue weighted by molar-refractivity contribution is 6.30. The molecule has 0 amide bonds. The molecule has 3 heteroatoms. The van der Waals surface area contributed by atoms with Gasteiger partial charge in [-0.3, -0.25) is 0 Å². The van der Waals surface area contributed by atoms with Crippen molar-refractivity contribution in [3.05, 3.63) is 75.8 Å². The zero-order valence-electron chi connectivity index (χ0n) is 11.7. The molecule has 1 aliphatic rings. The Hall–Kier alpha value is -2.06. The van der Waals surface area contributed by atoms with Crippen LogP contribution in [0.4, 0.5) is 0 Å². The van der Waals surface area contributed by atoms with Crippen LogP contribution in [0.25, 0.3) is 5.57 Å². The topological polar surface area (TPSA) is 26.3 Å². The minimum atomic E-state index is -0.311. The molecule has 0 saturated carbocycles. The highest BCUT2D eigenvalue weighted by Gasteiger charge is 2.17. The van der Waals surface area contributed by atoms with Crippen molar-refractivity contribution >= 4 is 23.1 Å². The van der Waals surface area contributed by atoms with Gasteiger partial charge in [0.2, 0.25) is 0 Å². The Morgan fingerprint density at radius 3 is 2.81 bits per heavy atom. The van der Waals surface area contributed by atoms with Gasteiger partial charge in [0.1, 0.15) is 0 Å². The van der Waals surface area contributed by atoms with Crippen molar-refractivity contribution in [2.45, 2.75) is 12.8 Å². The van der Waals surface area contributed by atoms with Crippen LogP contribution in [0.15, 0.2) is 48.5 Å². The highest BCUT2D eigenvalue weighted by Crippen LogP contribution is 2.33. The summed E-state index contributed by atoms with van der Waals surface area (Å²) in [5, 5.41) is 0.713. The summed E-state index contributed by atoms with van der Waals surface area (Å²) in [5.41, 5.74) is 5.12. The third kappa shape index (κ3) is 2.72. The molecule has 1 aliphatic carbocycles. The second-order valence-electron chi connectivity index (χ2n) is 5.03. The second kappa shape index (κ2) is 5.74. The van der Waals surface area contributed by atoms with Crippen LogP contribution in [0.2, 0.25) is 5.02 Å². The van der Waals surface area contributed by atoms with Crippen molar-refractivity contribution in [1.29, 1.82) is 0 Å². The molecule has 0 aliphatic heterocycles. The van der Waals surface area contributed by atoms with Crippen molar-refractivity contribution in [3.8, 4) is 0 Å². The molecule has 3 rings (SSSR count). The Labute approximate surface area is 129 Å². The van der Waals surface area contributed by atoms with E-state index in [0.29, 0.717) is 10.6 Å². The number of benzene rings is 2. The van der Waals surface area contributed by atoms with Crippen molar-refractivity contribution in [2.24, 2.45) is 0 Å². The lowest BCUT2D eigenvalue weighted by atomic mass is 9.86. The third-order valence-electron chi connectivity index (χ3n) is 3.72. The first-order chi connectivity index (χ1) is 10.2. The zero-order valence-corrected chi connectivity index (χ0v) is 12.5. The molecule has 0 saturated heterocycles. The van der Waals surface area contributed by atoms with Crippen LogP contribution in [0.3, 0.4) is 0 Å². The summed E-state index contributed by atoms with van der Waals surface area (Å²) in [4.78, 5) is 11.7. The summed E-state index contributed by atoms with van der Waals surface area (Å²) in [5.74, 6) is -0.311. The number of ether oxygens (including phenoxy) is 1. The number of aryl methyl sites for hydroxylation is 1. The first-order valence-corrected chi connectivity index (χ1v) is 7.24. The van der Waals surface area contributed by atoms with E-state index in [0.717, 1.165) is 29.5 Å². The Balaban J connectivity index is 2.10. The first-order valence-electron chi connectivity index (χ1n) is 6.87. The number of carbonyl (C=O) groups is 1. The molecule has 0 aromatic heterocycles. The zero-order chi connectivity index (χ0) is 14.8. The van der Waals surface area contributed by atoms with Crippen LogP contribution < -0.4 is 0 Å². The Morgan fingerprint density at radius 1 is 1.19 bits per heavy atom. The Kier molecular flexibility index (Phi) is 3.80. The molecule has 0 heterocycles. The number of halogens is 1. The maximum absolute atomic E-state index is 11.7. The van der Waals surface area contributed by atoms with Crippen molar-refractivity contribution < 1.29 is 9.53 Å². The number of hydrogen-bond acceptors (Lipinski definition) is 2. The summed E-state index contributed by atoms with van der Waals surface area (Å²) >= 11 is 6.09. The first kappa shape index (κ1) is 13.9. The van der Waals surface area contributed by atoms with Crippen LogP contribution in [-0.2, 0) is 11.2 Å². The summed E-state index contributed by atoms with van der Waals surface area (Å²) in [6, 6.07) is 13.5. The Morgan fingerprint density at radius 2 is 2.05 bits per heavy atom. The molecular formula is C18H15ClO2. The molecule has 0 bridgehead atoms. The molecule has 0 radical (unpaired) electrons. The average Bonchev–Trinajstić information content (AvgIpc) is 2.53. The van der Waals surface area contributed by atoms with Gasteiger partial charge >= 0.3 is 5.97 Å². The predicted octanol–water partition coefficient (Wildman–Crippen LogP) is 4.50. The van der Waals surface area contributed by atoms with E-state index in [2.05, 4.69) is 6.08 Å². The van der Waals surface area contributed by atoms with Crippen LogP contribution in [0, 0.1) is 0 Å². The van der Waals surface area contributed by atoms with Gasteiger partial charge in [0, 0.05) is 5.02 Å². The van der Waals surface area contributed by atoms with Crippen molar-refractivity contribution in [2.75, 3.05) is 7.11 Å². The average molecular weight is 299 g/mol. The number of carbonyl (C=O) groups excluding carboxylic acids is 1. The lowest BCUT2D eigenvalue weighted by molar-refractivity contribution is 0.0600. The van der Waals surface area contributed by atoms with E-state index in [1.54, 1.807) is 0 Å². The number of rotatable bonds is 2. The van der Waals surface area contributed by atoms with Crippen molar-refractivity contribution in [3.63, 3.8) is 0 Å². The van der Waals surface area contributed by atoms with E-state index < -0.39 is 0 Å². The third-order valence-corrected chi connectivity index (χ3v) is 3.95. The van der Waals surface area contributed by atoms with Gasteiger partial charge in [0.15, 0.2) is 0 Å². The van der Waals surface area contributed by atoms with E-state index in [9.17, 15) is 4.79 Å². The minimum absolute atomic E-state index is 0.311. The molecule has 0 unspecified atom stereocenters. The van der Waals surface area contributed by atoms with Crippen LogP contribution in [-0.4, -0.2) is 13.1 Å². The van der Waals surface area contributed by atoms with Gasteiger partial charge in [0.05, 0.1) is 12.7 Å². The maximum Gasteiger partial charge on any atom is 0.337 e. The quantitative estimate of drug-likeness (QED) is 0.763. The van der Waals surface area contributed by atoms with Gasteiger partial charge in [0.25, 0.3) is 0 Å². The molecule has 2 nitrogen and oxygen atoms in total. The lowest BCUT2D eigenvalue weighted by Gasteiger charge is -2.19. The summed E-state index contributed by atoms with van der Waals surface area (Å²) in [6.07, 6.45) is 4.18. The van der Waals surface area contributed by atoms with Crippen LogP contribution in [0.5, 0.6) is 0 Å². The fraction of sp³-hybridized carbons (Fsp3) is 0.167. The van der Waals surface area contributed by atoms with E-state index in [4.69, 9.17) is 16.3 Å². The van der Waals surface area contributed by atoms with E-state index in [1.165, 1.54) is 12.7 Å². The predicted molar refractivity (Wildman–Crippen MR) is 84.6 cm³/mol. The smallest absolute Gasteiger partial charge is 0.337 e. The lowest BCUT2D eigenvalue weighted by Crippen LogP contribution is -2.06. The van der Waals surface area contributed by atoms with E-state index in [-0.39, 0.29) is 5.97 Å². The summed E-state index contributed by atoms with van der Waals surface area (Å²) in [6.45, 7) is 0. The number of methoxy groups -OCH3 is 1. The van der Waals surface area contributed by atoms with Gasteiger partial charge in [-0.1, -0.05) is 35.9 Å². The standard InChI is InChI=1S/C18H15ClO2/c1-21-18(20)14-9-8-12-4-3-7-16(17(12)11-14)13-5-2-6-15(19)10-13/h2,5-11H,3-4H2,1H3. The molecule has 0 spiro atoms. The SMILES string of the molecule is COC(=O)c1ccc2c(c1)C(c1cccc(Cl)c1)=CCC2. The van der Waals surface area contributed by atoms with Gasteiger partial charge in [-0.05, 0) is 59.4 Å². The molecule has 0 fully saturated rings. The highest BCUT2D eigenvalue weighted by atomic mass is 35.5. The molecule has 0 N–H and O–H groups in total. The van der Waals surface area contributed by atoms with E-state index >= 15 is 0 Å².